The first-order valence-corrected chi connectivity index (χ1v) is 7.53. The average Bonchev–Trinajstić information content (AvgIpc) is 2.48. The molecule has 0 radical (unpaired) electrons. The monoisotopic (exact) mass is 276 g/mol. The number of esters is 1. The maximum atomic E-state index is 11.8. The van der Waals surface area contributed by atoms with Crippen molar-refractivity contribution in [1.29, 1.82) is 0 Å². The van der Waals surface area contributed by atoms with E-state index in [2.05, 4.69) is 17.2 Å². The van der Waals surface area contributed by atoms with Gasteiger partial charge in [-0.2, -0.15) is 0 Å². The fourth-order valence-corrected chi connectivity index (χ4v) is 2.92. The third-order valence-electron chi connectivity index (χ3n) is 3.99. The minimum atomic E-state index is -0.0319. The van der Waals surface area contributed by atoms with Crippen LogP contribution in [-0.4, -0.2) is 23.6 Å². The quantitative estimate of drug-likeness (QED) is 0.840. The van der Waals surface area contributed by atoms with Crippen molar-refractivity contribution in [2.24, 2.45) is 5.92 Å². The molecule has 1 N–H and O–H groups in total. The minimum Gasteiger partial charge on any atom is -0.466 e. The summed E-state index contributed by atoms with van der Waals surface area (Å²) in [5.41, 5.74) is 1.23. The van der Waals surface area contributed by atoms with Crippen LogP contribution in [0.5, 0.6) is 0 Å². The van der Waals surface area contributed by atoms with Crippen LogP contribution in [0.15, 0.2) is 24.5 Å². The van der Waals surface area contributed by atoms with Gasteiger partial charge in [-0.3, -0.25) is 9.78 Å². The van der Waals surface area contributed by atoms with Crippen molar-refractivity contribution in [3.05, 3.63) is 30.1 Å². The van der Waals surface area contributed by atoms with E-state index in [9.17, 15) is 4.79 Å². The molecule has 1 aliphatic rings. The van der Waals surface area contributed by atoms with Crippen LogP contribution in [-0.2, 0) is 9.53 Å². The van der Waals surface area contributed by atoms with Crippen molar-refractivity contribution in [3.63, 3.8) is 0 Å². The van der Waals surface area contributed by atoms with Crippen molar-refractivity contribution >= 4 is 5.97 Å². The summed E-state index contributed by atoms with van der Waals surface area (Å²) in [6.45, 7) is 4.49. The lowest BCUT2D eigenvalue weighted by molar-refractivity contribution is -0.149. The van der Waals surface area contributed by atoms with Crippen LogP contribution in [0.3, 0.4) is 0 Å². The molecule has 1 saturated carbocycles. The summed E-state index contributed by atoms with van der Waals surface area (Å²) >= 11 is 0. The molecule has 0 spiro atoms. The van der Waals surface area contributed by atoms with E-state index in [0.29, 0.717) is 12.6 Å². The first-order valence-electron chi connectivity index (χ1n) is 7.53. The molecule has 0 bridgehead atoms. The molecule has 2 rings (SSSR count). The normalized spacial score (nSPS) is 24.1. The average molecular weight is 276 g/mol. The first-order chi connectivity index (χ1) is 9.70. The van der Waals surface area contributed by atoms with Crippen LogP contribution >= 0.6 is 0 Å². The van der Waals surface area contributed by atoms with Crippen molar-refractivity contribution in [2.75, 3.05) is 6.61 Å². The van der Waals surface area contributed by atoms with E-state index >= 15 is 0 Å². The highest BCUT2D eigenvalue weighted by Gasteiger charge is 2.28. The molecule has 1 aromatic rings. The van der Waals surface area contributed by atoms with E-state index in [1.165, 1.54) is 5.56 Å². The number of pyridine rings is 1. The highest BCUT2D eigenvalue weighted by molar-refractivity contribution is 5.72. The zero-order valence-electron chi connectivity index (χ0n) is 12.3. The molecule has 0 aliphatic heterocycles. The Hall–Kier alpha value is -1.42. The SMILES string of the molecule is CCOC(=O)C1CCCC(N[C@@H](C)c2ccncc2)C1. The number of aromatic nitrogens is 1. The van der Waals surface area contributed by atoms with E-state index in [-0.39, 0.29) is 17.9 Å². The molecular formula is C16H24N2O2. The Balaban J connectivity index is 1.88. The van der Waals surface area contributed by atoms with Crippen molar-refractivity contribution in [2.45, 2.75) is 51.6 Å². The van der Waals surface area contributed by atoms with Gasteiger partial charge in [0.25, 0.3) is 0 Å². The summed E-state index contributed by atoms with van der Waals surface area (Å²) in [4.78, 5) is 15.9. The van der Waals surface area contributed by atoms with Gasteiger partial charge in [0, 0.05) is 24.5 Å². The molecular weight excluding hydrogens is 252 g/mol. The van der Waals surface area contributed by atoms with E-state index in [0.717, 1.165) is 25.7 Å². The van der Waals surface area contributed by atoms with Crippen molar-refractivity contribution < 1.29 is 9.53 Å². The Morgan fingerprint density at radius 3 is 2.90 bits per heavy atom. The van der Waals surface area contributed by atoms with Gasteiger partial charge >= 0.3 is 5.97 Å². The van der Waals surface area contributed by atoms with Gasteiger partial charge in [0.1, 0.15) is 0 Å². The number of hydrogen-bond donors (Lipinski definition) is 1. The molecule has 4 heteroatoms. The predicted octanol–water partition coefficient (Wildman–Crippen LogP) is 2.85. The van der Waals surface area contributed by atoms with Crippen LogP contribution < -0.4 is 5.32 Å². The van der Waals surface area contributed by atoms with E-state index in [1.54, 1.807) is 0 Å². The molecule has 1 aliphatic carbocycles. The fraction of sp³-hybridized carbons (Fsp3) is 0.625. The number of nitrogens with zero attached hydrogens (tertiary/aromatic N) is 1. The Labute approximate surface area is 120 Å². The number of rotatable bonds is 5. The lowest BCUT2D eigenvalue weighted by Gasteiger charge is -2.31. The third-order valence-corrected chi connectivity index (χ3v) is 3.99. The number of nitrogens with one attached hydrogen (secondary N) is 1. The summed E-state index contributed by atoms with van der Waals surface area (Å²) in [7, 11) is 0. The van der Waals surface area contributed by atoms with Gasteiger partial charge in [-0.1, -0.05) is 6.42 Å². The van der Waals surface area contributed by atoms with Crippen LogP contribution in [0.4, 0.5) is 0 Å². The molecule has 1 fully saturated rings. The fourth-order valence-electron chi connectivity index (χ4n) is 2.92. The topological polar surface area (TPSA) is 51.2 Å². The van der Waals surface area contributed by atoms with Crippen molar-refractivity contribution in [1.82, 2.24) is 10.3 Å². The molecule has 0 amide bonds. The highest BCUT2D eigenvalue weighted by atomic mass is 16.5. The number of carbonyl (C=O) groups excluding carboxylic acids is 1. The first kappa shape index (κ1) is 15.0. The Kier molecular flexibility index (Phi) is 5.53. The molecule has 1 aromatic heterocycles. The molecule has 1 heterocycles. The van der Waals surface area contributed by atoms with E-state index < -0.39 is 0 Å². The van der Waals surface area contributed by atoms with Gasteiger partial charge in [-0.15, -0.1) is 0 Å². The lowest BCUT2D eigenvalue weighted by atomic mass is 9.85. The molecule has 110 valence electrons. The van der Waals surface area contributed by atoms with Gasteiger partial charge in [0.15, 0.2) is 0 Å². The van der Waals surface area contributed by atoms with E-state index in [1.807, 2.05) is 31.5 Å². The third kappa shape index (κ3) is 4.04. The number of hydrogen-bond acceptors (Lipinski definition) is 4. The molecule has 0 aromatic carbocycles. The van der Waals surface area contributed by atoms with Gasteiger partial charge in [-0.25, -0.2) is 0 Å². The molecule has 20 heavy (non-hydrogen) atoms. The number of ether oxygens (including phenoxy) is 1. The lowest BCUT2D eigenvalue weighted by Crippen LogP contribution is -2.38. The summed E-state index contributed by atoms with van der Waals surface area (Å²) < 4.78 is 5.14. The Morgan fingerprint density at radius 1 is 1.45 bits per heavy atom. The second-order valence-corrected chi connectivity index (χ2v) is 5.48. The second-order valence-electron chi connectivity index (χ2n) is 5.48. The highest BCUT2D eigenvalue weighted by Crippen LogP contribution is 2.27. The molecule has 0 saturated heterocycles. The zero-order valence-corrected chi connectivity index (χ0v) is 12.3. The smallest absolute Gasteiger partial charge is 0.308 e. The molecule has 3 atom stereocenters. The predicted molar refractivity (Wildman–Crippen MR) is 78.2 cm³/mol. The molecule has 2 unspecified atom stereocenters. The van der Waals surface area contributed by atoms with Crippen LogP contribution in [0.2, 0.25) is 0 Å². The summed E-state index contributed by atoms with van der Waals surface area (Å²) in [5.74, 6) is 0.0291. The molecule has 4 nitrogen and oxygen atoms in total. The number of carbonyl (C=O) groups is 1. The minimum absolute atomic E-state index is 0.0319. The van der Waals surface area contributed by atoms with Crippen molar-refractivity contribution in [3.8, 4) is 0 Å². The zero-order chi connectivity index (χ0) is 14.4. The van der Waals surface area contributed by atoms with Gasteiger partial charge in [0.2, 0.25) is 0 Å². The summed E-state index contributed by atoms with van der Waals surface area (Å²) in [5, 5.41) is 3.63. The summed E-state index contributed by atoms with van der Waals surface area (Å²) in [6, 6.07) is 4.73. The Bertz CT molecular complexity index is 422. The Morgan fingerprint density at radius 2 is 2.20 bits per heavy atom. The summed E-state index contributed by atoms with van der Waals surface area (Å²) in [6.07, 6.45) is 7.69. The van der Waals surface area contributed by atoms with Crippen LogP contribution in [0, 0.1) is 5.92 Å². The largest absolute Gasteiger partial charge is 0.466 e. The standard InChI is InChI=1S/C16H24N2O2/c1-3-20-16(19)14-5-4-6-15(11-14)18-12(2)13-7-9-17-10-8-13/h7-10,12,14-15,18H,3-6,11H2,1-2H3/t12-,14?,15?/m0/s1. The van der Waals surface area contributed by atoms with E-state index in [4.69, 9.17) is 4.74 Å². The second kappa shape index (κ2) is 7.39. The van der Waals surface area contributed by atoms with Gasteiger partial charge in [-0.05, 0) is 50.8 Å². The maximum Gasteiger partial charge on any atom is 0.308 e. The van der Waals surface area contributed by atoms with Gasteiger partial charge in [0.05, 0.1) is 12.5 Å². The maximum absolute atomic E-state index is 11.8. The van der Waals surface area contributed by atoms with Crippen LogP contribution in [0.1, 0.15) is 51.1 Å². The van der Waals surface area contributed by atoms with Gasteiger partial charge < -0.3 is 10.1 Å². The van der Waals surface area contributed by atoms with Crippen LogP contribution in [0.25, 0.3) is 0 Å².